The predicted octanol–water partition coefficient (Wildman–Crippen LogP) is 2.21. The van der Waals surface area contributed by atoms with Crippen LogP contribution in [0.1, 0.15) is 40.0 Å². The third-order valence-electron chi connectivity index (χ3n) is 3.26. The molecule has 1 fully saturated rings. The van der Waals surface area contributed by atoms with E-state index in [4.69, 9.17) is 5.73 Å². The first-order chi connectivity index (χ1) is 6.32. The average Bonchev–Trinajstić information content (AvgIpc) is 1.98. The molecule has 0 aromatic rings. The number of amides is 2. The van der Waals surface area contributed by atoms with Crippen molar-refractivity contribution in [1.82, 2.24) is 4.90 Å². The fourth-order valence-electron chi connectivity index (χ4n) is 2.77. The molecule has 2 amide bonds. The highest BCUT2D eigenvalue weighted by molar-refractivity contribution is 5.72. The summed E-state index contributed by atoms with van der Waals surface area (Å²) in [4.78, 5) is 12.8. The summed E-state index contributed by atoms with van der Waals surface area (Å²) in [6.45, 7) is 6.79. The van der Waals surface area contributed by atoms with Gasteiger partial charge in [0.05, 0.1) is 0 Å². The Labute approximate surface area is 86.6 Å². The van der Waals surface area contributed by atoms with E-state index in [1.165, 1.54) is 6.42 Å². The number of hydrogen-bond donors (Lipinski definition) is 1. The summed E-state index contributed by atoms with van der Waals surface area (Å²) in [6, 6.07) is 0.0196. The van der Waals surface area contributed by atoms with Crippen LogP contribution in [0.5, 0.6) is 0 Å². The lowest BCUT2D eigenvalue weighted by Gasteiger charge is -2.42. The van der Waals surface area contributed by atoms with E-state index in [0.717, 1.165) is 12.8 Å². The average molecular weight is 198 g/mol. The smallest absolute Gasteiger partial charge is 0.314 e. The summed E-state index contributed by atoms with van der Waals surface area (Å²) in [5.41, 5.74) is 5.63. The molecule has 0 aromatic carbocycles. The molecule has 0 heterocycles. The van der Waals surface area contributed by atoms with E-state index >= 15 is 0 Å². The fourth-order valence-corrected chi connectivity index (χ4v) is 2.77. The second kappa shape index (κ2) is 3.79. The Morgan fingerprint density at radius 2 is 2.00 bits per heavy atom. The van der Waals surface area contributed by atoms with E-state index in [9.17, 15) is 4.79 Å². The molecule has 0 aliphatic heterocycles. The van der Waals surface area contributed by atoms with Crippen molar-refractivity contribution in [2.45, 2.75) is 46.1 Å². The van der Waals surface area contributed by atoms with Gasteiger partial charge >= 0.3 is 6.03 Å². The van der Waals surface area contributed by atoms with Gasteiger partial charge in [0.2, 0.25) is 0 Å². The van der Waals surface area contributed by atoms with Crippen LogP contribution in [0.3, 0.4) is 0 Å². The normalized spacial score (nSPS) is 31.1. The lowest BCUT2D eigenvalue weighted by atomic mass is 9.70. The topological polar surface area (TPSA) is 46.3 Å². The van der Waals surface area contributed by atoms with Gasteiger partial charge in [-0.2, -0.15) is 0 Å². The van der Waals surface area contributed by atoms with E-state index in [2.05, 4.69) is 20.8 Å². The molecule has 2 N–H and O–H groups in total. The second-order valence-corrected chi connectivity index (χ2v) is 5.52. The number of carbonyl (C=O) groups is 1. The van der Waals surface area contributed by atoms with Gasteiger partial charge in [-0.15, -0.1) is 0 Å². The maximum atomic E-state index is 11.1. The molecule has 14 heavy (non-hydrogen) atoms. The number of nitrogens with two attached hydrogens (primary N) is 1. The summed E-state index contributed by atoms with van der Waals surface area (Å²) in [6.07, 6.45) is 3.40. The van der Waals surface area contributed by atoms with Crippen LogP contribution < -0.4 is 5.73 Å². The minimum absolute atomic E-state index is 0.306. The van der Waals surface area contributed by atoms with Gasteiger partial charge in [0.1, 0.15) is 0 Å². The van der Waals surface area contributed by atoms with E-state index < -0.39 is 0 Å². The van der Waals surface area contributed by atoms with Crippen LogP contribution >= 0.6 is 0 Å². The van der Waals surface area contributed by atoms with Crippen LogP contribution in [-0.4, -0.2) is 24.0 Å². The summed E-state index contributed by atoms with van der Waals surface area (Å²) in [7, 11) is 1.81. The highest BCUT2D eigenvalue weighted by Gasteiger charge is 2.34. The number of urea groups is 1. The zero-order valence-electron chi connectivity index (χ0n) is 9.71. The molecule has 1 saturated carbocycles. The summed E-state index contributed by atoms with van der Waals surface area (Å²) in [5, 5.41) is 0. The first-order valence-corrected chi connectivity index (χ1v) is 5.34. The minimum atomic E-state index is -0.306. The number of primary amides is 1. The molecule has 2 atom stereocenters. The van der Waals surface area contributed by atoms with Crippen molar-refractivity contribution >= 4 is 6.03 Å². The van der Waals surface area contributed by atoms with Crippen LogP contribution in [0.25, 0.3) is 0 Å². The van der Waals surface area contributed by atoms with Gasteiger partial charge < -0.3 is 10.6 Å². The molecule has 1 aliphatic rings. The molecule has 1 rings (SSSR count). The monoisotopic (exact) mass is 198 g/mol. The standard InChI is InChI=1S/C11H22N2O/c1-8-5-9(13(4)10(12)14)7-11(2,3)6-8/h8-9H,5-7H2,1-4H3,(H2,12,14). The van der Waals surface area contributed by atoms with Gasteiger partial charge in [-0.25, -0.2) is 4.79 Å². The van der Waals surface area contributed by atoms with Gasteiger partial charge in [0.15, 0.2) is 0 Å². The van der Waals surface area contributed by atoms with Gasteiger partial charge in [-0.1, -0.05) is 20.8 Å². The molecule has 0 radical (unpaired) electrons. The van der Waals surface area contributed by atoms with Gasteiger partial charge in [-0.05, 0) is 30.6 Å². The minimum Gasteiger partial charge on any atom is -0.351 e. The van der Waals surface area contributed by atoms with E-state index in [0.29, 0.717) is 17.4 Å². The van der Waals surface area contributed by atoms with E-state index in [-0.39, 0.29) is 6.03 Å². The molecule has 3 heteroatoms. The van der Waals surface area contributed by atoms with Crippen molar-refractivity contribution in [2.75, 3.05) is 7.05 Å². The Morgan fingerprint density at radius 3 is 2.43 bits per heavy atom. The second-order valence-electron chi connectivity index (χ2n) is 5.52. The van der Waals surface area contributed by atoms with Crippen molar-refractivity contribution in [3.05, 3.63) is 0 Å². The largest absolute Gasteiger partial charge is 0.351 e. The number of carbonyl (C=O) groups excluding carboxylic acids is 1. The molecule has 82 valence electrons. The molecule has 1 aliphatic carbocycles. The van der Waals surface area contributed by atoms with Crippen molar-refractivity contribution in [2.24, 2.45) is 17.1 Å². The van der Waals surface area contributed by atoms with Crippen LogP contribution in [0, 0.1) is 11.3 Å². The van der Waals surface area contributed by atoms with Crippen molar-refractivity contribution in [3.63, 3.8) is 0 Å². The first kappa shape index (κ1) is 11.3. The lowest BCUT2D eigenvalue weighted by Crippen LogP contribution is -2.46. The lowest BCUT2D eigenvalue weighted by molar-refractivity contribution is 0.0992. The molecule has 0 spiro atoms. The molecule has 2 unspecified atom stereocenters. The zero-order valence-corrected chi connectivity index (χ0v) is 9.71. The molecule has 3 nitrogen and oxygen atoms in total. The third kappa shape index (κ3) is 2.63. The van der Waals surface area contributed by atoms with Crippen molar-refractivity contribution in [1.29, 1.82) is 0 Å². The molecule has 0 saturated heterocycles. The Hall–Kier alpha value is -0.730. The van der Waals surface area contributed by atoms with Gasteiger partial charge in [-0.3, -0.25) is 0 Å². The molecular formula is C11H22N2O. The third-order valence-corrected chi connectivity index (χ3v) is 3.26. The highest BCUT2D eigenvalue weighted by atomic mass is 16.2. The number of nitrogens with zero attached hydrogens (tertiary/aromatic N) is 1. The van der Waals surface area contributed by atoms with Gasteiger partial charge in [0, 0.05) is 13.1 Å². The van der Waals surface area contributed by atoms with E-state index in [1.807, 2.05) is 0 Å². The maximum Gasteiger partial charge on any atom is 0.314 e. The number of rotatable bonds is 1. The molecule has 0 bridgehead atoms. The van der Waals surface area contributed by atoms with Crippen LogP contribution in [-0.2, 0) is 0 Å². The number of hydrogen-bond acceptors (Lipinski definition) is 1. The molecular weight excluding hydrogens is 176 g/mol. The fraction of sp³-hybridized carbons (Fsp3) is 0.909. The van der Waals surface area contributed by atoms with Crippen LogP contribution in [0.4, 0.5) is 4.79 Å². The summed E-state index contributed by atoms with van der Waals surface area (Å²) >= 11 is 0. The zero-order chi connectivity index (χ0) is 10.9. The quantitative estimate of drug-likeness (QED) is 0.690. The van der Waals surface area contributed by atoms with E-state index in [1.54, 1.807) is 11.9 Å². The molecule has 0 aromatic heterocycles. The maximum absolute atomic E-state index is 11.1. The predicted molar refractivity (Wildman–Crippen MR) is 57.9 cm³/mol. The Morgan fingerprint density at radius 1 is 1.43 bits per heavy atom. The van der Waals surface area contributed by atoms with Crippen LogP contribution in [0.15, 0.2) is 0 Å². The summed E-state index contributed by atoms with van der Waals surface area (Å²) < 4.78 is 0. The summed E-state index contributed by atoms with van der Waals surface area (Å²) in [5.74, 6) is 0.686. The van der Waals surface area contributed by atoms with Crippen molar-refractivity contribution < 1.29 is 4.79 Å². The van der Waals surface area contributed by atoms with Crippen LogP contribution in [0.2, 0.25) is 0 Å². The first-order valence-electron chi connectivity index (χ1n) is 5.34. The van der Waals surface area contributed by atoms with Crippen molar-refractivity contribution in [3.8, 4) is 0 Å². The Kier molecular flexibility index (Phi) is 3.07. The Bertz CT molecular complexity index is 225. The Balaban J connectivity index is 2.66. The highest BCUT2D eigenvalue weighted by Crippen LogP contribution is 2.39. The SMILES string of the molecule is CC1CC(N(C)C(N)=O)CC(C)(C)C1. The van der Waals surface area contributed by atoms with Gasteiger partial charge in [0.25, 0.3) is 0 Å².